The quantitative estimate of drug-likeness (QED) is 0.745. The number of sulfone groups is 1. The van der Waals surface area contributed by atoms with Gasteiger partial charge in [0.25, 0.3) is 0 Å². The van der Waals surface area contributed by atoms with Crippen molar-refractivity contribution in [3.8, 4) is 0 Å². The first-order chi connectivity index (χ1) is 8.39. The summed E-state index contributed by atoms with van der Waals surface area (Å²) in [6.45, 7) is 4.41. The van der Waals surface area contributed by atoms with Gasteiger partial charge in [-0.3, -0.25) is 10.1 Å². The van der Waals surface area contributed by atoms with E-state index >= 15 is 0 Å². The smallest absolute Gasteiger partial charge is 0.241 e. The van der Waals surface area contributed by atoms with Gasteiger partial charge >= 0.3 is 0 Å². The highest BCUT2D eigenvalue weighted by molar-refractivity contribution is 7.90. The summed E-state index contributed by atoms with van der Waals surface area (Å²) in [5, 5.41) is 3.31. The summed E-state index contributed by atoms with van der Waals surface area (Å²) in [6, 6.07) is -0.133. The summed E-state index contributed by atoms with van der Waals surface area (Å²) < 4.78 is 22.4. The lowest BCUT2D eigenvalue weighted by Gasteiger charge is -2.23. The topological polar surface area (TPSA) is 66.5 Å². The molecule has 2 unspecified atom stereocenters. The van der Waals surface area contributed by atoms with Crippen LogP contribution in [0.3, 0.4) is 0 Å². The Morgan fingerprint density at radius 2 is 1.83 bits per heavy atom. The number of nitrogens with zero attached hydrogens (tertiary/aromatic N) is 1. The monoisotopic (exact) mass is 276 g/mol. The molecule has 1 rings (SSSR count). The third-order valence-corrected chi connectivity index (χ3v) is 4.12. The van der Waals surface area contributed by atoms with E-state index in [0.717, 1.165) is 25.7 Å². The van der Waals surface area contributed by atoms with Crippen LogP contribution >= 0.6 is 0 Å². The molecule has 1 amide bonds. The van der Waals surface area contributed by atoms with Crippen molar-refractivity contribution in [3.05, 3.63) is 0 Å². The van der Waals surface area contributed by atoms with Gasteiger partial charge in [0.1, 0.15) is 9.84 Å². The van der Waals surface area contributed by atoms with Gasteiger partial charge in [0.2, 0.25) is 5.91 Å². The number of rotatable bonds is 7. The average Bonchev–Trinajstić information content (AvgIpc) is 2.53. The Hall–Kier alpha value is -0.620. The Labute approximate surface area is 110 Å². The second-order valence-corrected chi connectivity index (χ2v) is 7.23. The maximum atomic E-state index is 12.2. The van der Waals surface area contributed by atoms with E-state index in [2.05, 4.69) is 12.2 Å². The molecule has 1 aliphatic rings. The van der Waals surface area contributed by atoms with E-state index in [1.54, 1.807) is 4.90 Å². The molecule has 0 radical (unpaired) electrons. The number of hydrogen-bond donors (Lipinski definition) is 1. The molecule has 1 N–H and O–H groups in total. The predicted octanol–water partition coefficient (Wildman–Crippen LogP) is 0.758. The van der Waals surface area contributed by atoms with E-state index in [9.17, 15) is 13.2 Å². The van der Waals surface area contributed by atoms with Crippen molar-refractivity contribution in [2.75, 3.05) is 18.6 Å². The molecule has 0 bridgehead atoms. The van der Waals surface area contributed by atoms with Gasteiger partial charge in [0, 0.05) is 12.8 Å². The molecule has 2 atom stereocenters. The molecule has 1 fully saturated rings. The highest BCUT2D eigenvalue weighted by Gasteiger charge is 2.37. The molecule has 1 saturated heterocycles. The van der Waals surface area contributed by atoms with Crippen LogP contribution in [0, 0.1) is 0 Å². The van der Waals surface area contributed by atoms with Crippen molar-refractivity contribution >= 4 is 15.7 Å². The van der Waals surface area contributed by atoms with Gasteiger partial charge in [0.05, 0.1) is 18.0 Å². The Morgan fingerprint density at radius 1 is 1.22 bits per heavy atom. The lowest BCUT2D eigenvalue weighted by atomic mass is 10.2. The molecule has 6 heteroatoms. The summed E-state index contributed by atoms with van der Waals surface area (Å²) in [4.78, 5) is 13.9. The molecule has 0 aliphatic carbocycles. The van der Waals surface area contributed by atoms with Crippen molar-refractivity contribution in [2.45, 2.75) is 51.7 Å². The maximum absolute atomic E-state index is 12.2. The van der Waals surface area contributed by atoms with Crippen LogP contribution in [0.2, 0.25) is 0 Å². The van der Waals surface area contributed by atoms with Gasteiger partial charge in [-0.25, -0.2) is 8.42 Å². The van der Waals surface area contributed by atoms with Crippen LogP contribution in [0.5, 0.6) is 0 Å². The largest absolute Gasteiger partial charge is 0.325 e. The van der Waals surface area contributed by atoms with E-state index in [0.29, 0.717) is 6.54 Å². The average molecular weight is 276 g/mol. The van der Waals surface area contributed by atoms with Crippen LogP contribution in [0.1, 0.15) is 39.5 Å². The minimum Gasteiger partial charge on any atom is -0.325 e. The van der Waals surface area contributed by atoms with Gasteiger partial charge < -0.3 is 4.90 Å². The number of nitrogens with one attached hydrogen (secondary N) is 1. The zero-order chi connectivity index (χ0) is 13.8. The van der Waals surface area contributed by atoms with Crippen molar-refractivity contribution in [1.29, 1.82) is 0 Å². The van der Waals surface area contributed by atoms with Gasteiger partial charge in [-0.15, -0.1) is 0 Å². The summed E-state index contributed by atoms with van der Waals surface area (Å²) in [6.07, 6.45) is 4.81. The van der Waals surface area contributed by atoms with Gasteiger partial charge in [-0.05, 0) is 12.8 Å². The summed E-state index contributed by atoms with van der Waals surface area (Å²) in [5.74, 6) is 0.0957. The van der Waals surface area contributed by atoms with Crippen LogP contribution in [0.15, 0.2) is 0 Å². The first-order valence-corrected chi connectivity index (χ1v) is 8.69. The fraction of sp³-hybridized carbons (Fsp3) is 0.917. The van der Waals surface area contributed by atoms with Gasteiger partial charge in [0.15, 0.2) is 0 Å². The summed E-state index contributed by atoms with van der Waals surface area (Å²) >= 11 is 0. The Kier molecular flexibility index (Phi) is 5.59. The molecular weight excluding hydrogens is 252 g/mol. The molecule has 0 spiro atoms. The Balaban J connectivity index is 2.68. The lowest BCUT2D eigenvalue weighted by molar-refractivity contribution is -0.129. The standard InChI is InChI=1S/C12H24N2O3S/c1-4-6-10-12(15)14(8-9-18(3,16)17)11(13-10)7-5-2/h10-11,13H,4-9H2,1-3H3. The fourth-order valence-electron chi connectivity index (χ4n) is 2.29. The minimum atomic E-state index is -3.02. The zero-order valence-corrected chi connectivity index (χ0v) is 12.3. The highest BCUT2D eigenvalue weighted by Crippen LogP contribution is 2.17. The van der Waals surface area contributed by atoms with Crippen LogP contribution < -0.4 is 5.32 Å². The van der Waals surface area contributed by atoms with Crippen LogP contribution in [-0.4, -0.2) is 50.0 Å². The number of carbonyl (C=O) groups is 1. The summed E-state index contributed by atoms with van der Waals surface area (Å²) in [7, 11) is -3.02. The van der Waals surface area contributed by atoms with Crippen LogP contribution in [0.4, 0.5) is 0 Å². The second-order valence-electron chi connectivity index (χ2n) is 4.97. The molecule has 1 heterocycles. The third-order valence-electron chi connectivity index (χ3n) is 3.19. The van der Waals surface area contributed by atoms with Crippen LogP contribution in [-0.2, 0) is 14.6 Å². The molecular formula is C12H24N2O3S. The molecule has 1 aliphatic heterocycles. The van der Waals surface area contributed by atoms with Gasteiger partial charge in [-0.1, -0.05) is 26.7 Å². The van der Waals surface area contributed by atoms with Gasteiger partial charge in [-0.2, -0.15) is 0 Å². The zero-order valence-electron chi connectivity index (χ0n) is 11.5. The highest BCUT2D eigenvalue weighted by atomic mass is 32.2. The molecule has 0 aromatic rings. The van der Waals surface area contributed by atoms with Crippen LogP contribution in [0.25, 0.3) is 0 Å². The Bertz CT molecular complexity index is 381. The van der Waals surface area contributed by atoms with Crippen molar-refractivity contribution in [3.63, 3.8) is 0 Å². The molecule has 18 heavy (non-hydrogen) atoms. The van der Waals surface area contributed by atoms with E-state index < -0.39 is 9.84 Å². The molecule has 0 saturated carbocycles. The normalized spacial score (nSPS) is 24.8. The maximum Gasteiger partial charge on any atom is 0.241 e. The predicted molar refractivity (Wildman–Crippen MR) is 72.0 cm³/mol. The molecule has 106 valence electrons. The van der Waals surface area contributed by atoms with E-state index in [-0.39, 0.29) is 23.9 Å². The Morgan fingerprint density at radius 3 is 2.33 bits per heavy atom. The molecule has 0 aromatic carbocycles. The van der Waals surface area contributed by atoms with Crippen molar-refractivity contribution in [2.24, 2.45) is 0 Å². The first kappa shape index (κ1) is 15.4. The fourth-order valence-corrected chi connectivity index (χ4v) is 2.81. The van der Waals surface area contributed by atoms with Crippen molar-refractivity contribution in [1.82, 2.24) is 10.2 Å². The van der Waals surface area contributed by atoms with E-state index in [1.807, 2.05) is 6.92 Å². The third kappa shape index (κ3) is 4.24. The minimum absolute atomic E-state index is 0.000741. The second kappa shape index (κ2) is 6.52. The molecule has 5 nitrogen and oxygen atoms in total. The SMILES string of the molecule is CCCC1NC(CCC)N(CCS(C)(=O)=O)C1=O. The van der Waals surface area contributed by atoms with E-state index in [1.165, 1.54) is 6.26 Å². The number of hydrogen-bond acceptors (Lipinski definition) is 4. The first-order valence-electron chi connectivity index (χ1n) is 6.63. The summed E-state index contributed by atoms with van der Waals surface area (Å²) in [5.41, 5.74) is 0. The lowest BCUT2D eigenvalue weighted by Crippen LogP contribution is -2.40. The van der Waals surface area contributed by atoms with Crippen molar-refractivity contribution < 1.29 is 13.2 Å². The number of amides is 1. The van der Waals surface area contributed by atoms with E-state index in [4.69, 9.17) is 0 Å². The molecule has 0 aromatic heterocycles. The number of carbonyl (C=O) groups excluding carboxylic acids is 1.